The average molecular weight is 1110 g/mol. The van der Waals surface area contributed by atoms with Gasteiger partial charge in [-0.3, -0.25) is 4.79 Å². The quantitative estimate of drug-likeness (QED) is 0.115. The molecule has 384 valence electrons. The molecule has 0 saturated heterocycles. The molecule has 0 radical (unpaired) electrons. The van der Waals surface area contributed by atoms with Crippen LogP contribution in [-0.4, -0.2) is 25.7 Å². The lowest BCUT2D eigenvalue weighted by Crippen LogP contribution is -2.30. The second-order valence-corrected chi connectivity index (χ2v) is 25.5. The first-order valence-corrected chi connectivity index (χ1v) is 29.9. The lowest BCUT2D eigenvalue weighted by Gasteiger charge is -2.36. The monoisotopic (exact) mass is 1110 g/mol. The summed E-state index contributed by atoms with van der Waals surface area (Å²) >= 11 is 6.21. The standard InChI is InChI=1S/C70H44N6OS4/c1-37-10-20-45(21-11-37)69(46-22-12-38(2)13-23-46)56-30-42(63-75-67-65(80-63)73-41(5)78-67)18-28-49(56)53-32-59-54(33-58(53)69)50-29-19-43(31-57(50)70(59,47-24-14-39(3)15-25-47)48-26-16-40(4)17-27-48)64-76-68-66(81-64)74-60(79-68)34-55-61(44(35-71)36-72)51-8-6-7-9-52(51)62(55)77/h6-34H,1-5H3/b55-34-. The van der Waals surface area contributed by atoms with Gasteiger partial charge in [-0.2, -0.15) is 10.5 Å². The van der Waals surface area contributed by atoms with Gasteiger partial charge in [-0.05, 0) is 137 Å². The minimum atomic E-state index is -0.748. The topological polar surface area (TPSA) is 116 Å². The number of ketones is 1. The molecule has 0 aliphatic heterocycles. The number of hydrogen-bond acceptors (Lipinski definition) is 11. The number of benzene rings is 8. The van der Waals surface area contributed by atoms with Crippen molar-refractivity contribution in [1.29, 1.82) is 10.5 Å². The summed E-state index contributed by atoms with van der Waals surface area (Å²) in [4.78, 5) is 37.6. The minimum absolute atomic E-state index is 0.107. The Morgan fingerprint density at radius 2 is 0.840 bits per heavy atom. The van der Waals surface area contributed by atoms with Crippen LogP contribution < -0.4 is 0 Å². The van der Waals surface area contributed by atoms with Crippen LogP contribution in [0.25, 0.3) is 74.4 Å². The van der Waals surface area contributed by atoms with E-state index in [2.05, 4.69) is 173 Å². The number of aryl methyl sites for hydroxylation is 5. The van der Waals surface area contributed by atoms with Crippen molar-refractivity contribution in [3.63, 3.8) is 0 Å². The second kappa shape index (κ2) is 18.2. The Labute approximate surface area is 483 Å². The largest absolute Gasteiger partial charge is 0.289 e. The normalized spacial score (nSPS) is 14.7. The number of aromatic nitrogens is 4. The Morgan fingerprint density at radius 3 is 1.27 bits per heavy atom. The fourth-order valence-corrected chi connectivity index (χ4v) is 16.8. The van der Waals surface area contributed by atoms with Gasteiger partial charge in [-0.25, -0.2) is 19.9 Å². The van der Waals surface area contributed by atoms with Crippen LogP contribution in [0.15, 0.2) is 181 Å². The van der Waals surface area contributed by atoms with Crippen molar-refractivity contribution in [1.82, 2.24) is 19.9 Å². The van der Waals surface area contributed by atoms with E-state index in [0.717, 1.165) is 51.0 Å². The van der Waals surface area contributed by atoms with Crippen LogP contribution >= 0.6 is 45.3 Å². The van der Waals surface area contributed by atoms with Gasteiger partial charge in [0.25, 0.3) is 0 Å². The molecule has 0 N–H and O–H groups in total. The third-order valence-corrected chi connectivity index (χ3v) is 20.6. The zero-order chi connectivity index (χ0) is 55.1. The van der Waals surface area contributed by atoms with Gasteiger partial charge in [0.15, 0.2) is 25.1 Å². The fourth-order valence-electron chi connectivity index (χ4n) is 12.9. The van der Waals surface area contributed by atoms with Gasteiger partial charge < -0.3 is 0 Å². The number of allylic oxidation sites excluding steroid dienone is 3. The van der Waals surface area contributed by atoms with Gasteiger partial charge in [0.05, 0.1) is 15.8 Å². The van der Waals surface area contributed by atoms with Crippen LogP contribution in [0.3, 0.4) is 0 Å². The van der Waals surface area contributed by atoms with Crippen LogP contribution in [0, 0.1) is 57.3 Å². The van der Waals surface area contributed by atoms with Crippen LogP contribution in [0.4, 0.5) is 0 Å². The molecule has 4 aromatic heterocycles. The Hall–Kier alpha value is -9.07. The number of rotatable bonds is 7. The highest BCUT2D eigenvalue weighted by molar-refractivity contribution is 7.28. The molecule has 0 saturated carbocycles. The van der Waals surface area contributed by atoms with Gasteiger partial charge in [-0.1, -0.05) is 213 Å². The summed E-state index contributed by atoms with van der Waals surface area (Å²) in [5, 5.41) is 23.3. The number of carbonyl (C=O) groups is 1. The molecule has 81 heavy (non-hydrogen) atoms. The summed E-state index contributed by atoms with van der Waals surface area (Å²) in [7, 11) is 0. The Kier molecular flexibility index (Phi) is 11.0. The van der Waals surface area contributed by atoms with E-state index in [9.17, 15) is 15.3 Å². The number of Topliss-reactive ketones (excluding diaryl/α,β-unsaturated/α-hetero) is 1. The van der Waals surface area contributed by atoms with E-state index in [1.165, 1.54) is 106 Å². The molecule has 0 bridgehead atoms. The van der Waals surface area contributed by atoms with Crippen molar-refractivity contribution in [2.75, 3.05) is 0 Å². The Balaban J connectivity index is 0.955. The predicted octanol–water partition coefficient (Wildman–Crippen LogP) is 17.5. The lowest BCUT2D eigenvalue weighted by atomic mass is 9.65. The van der Waals surface area contributed by atoms with Crippen molar-refractivity contribution >= 4 is 82.1 Å². The van der Waals surface area contributed by atoms with E-state index in [1.807, 2.05) is 25.1 Å². The van der Waals surface area contributed by atoms with Gasteiger partial charge in [0, 0.05) is 27.8 Å². The zero-order valence-electron chi connectivity index (χ0n) is 44.5. The zero-order valence-corrected chi connectivity index (χ0v) is 47.7. The second-order valence-electron chi connectivity index (χ2n) is 21.4. The molecule has 7 nitrogen and oxygen atoms in total. The number of nitrogens with zero attached hydrogens (tertiary/aromatic N) is 6. The molecule has 4 heterocycles. The summed E-state index contributed by atoms with van der Waals surface area (Å²) in [6, 6.07) is 66.6. The SMILES string of the molecule is Cc1ccc(C2(c3ccc(C)cc3)c3cc(-c4nc5sc(C)nc5s4)ccc3-c3cc4c(cc32)-c2ccc(-c3nc5sc(/C=C6\C(=O)c7ccccc7C6=C(C#N)C#N)nc5s3)cc2C4(c2ccc(C)cc2)c2ccc(C)cc2)cc1. The number of carbonyl (C=O) groups excluding carboxylic acids is 1. The van der Waals surface area contributed by atoms with Gasteiger partial charge in [-0.15, -0.1) is 0 Å². The molecular formula is C70H44N6OS4. The number of nitriles is 2. The number of fused-ring (bicyclic) bond motifs is 9. The third kappa shape index (κ3) is 7.23. The van der Waals surface area contributed by atoms with E-state index in [4.69, 9.17) is 19.9 Å². The molecule has 0 unspecified atom stereocenters. The summed E-state index contributed by atoms with van der Waals surface area (Å²) in [6.07, 6.45) is 1.71. The van der Waals surface area contributed by atoms with Crippen LogP contribution in [0.2, 0.25) is 0 Å². The first-order chi connectivity index (χ1) is 39.4. The van der Waals surface area contributed by atoms with Crippen LogP contribution in [0.1, 0.15) is 92.7 Å². The fraction of sp³-hybridized carbons (Fsp3) is 0.100. The van der Waals surface area contributed by atoms with Crippen LogP contribution in [0.5, 0.6) is 0 Å². The summed E-state index contributed by atoms with van der Waals surface area (Å²) < 4.78 is 0. The summed E-state index contributed by atoms with van der Waals surface area (Å²) in [5.74, 6) is -0.236. The molecule has 11 heteroatoms. The smallest absolute Gasteiger partial charge is 0.194 e. The highest BCUT2D eigenvalue weighted by Gasteiger charge is 2.52. The number of thiazole rings is 4. The minimum Gasteiger partial charge on any atom is -0.289 e. The molecule has 0 fully saturated rings. The maximum Gasteiger partial charge on any atom is 0.194 e. The number of hydrogen-bond donors (Lipinski definition) is 0. The highest BCUT2D eigenvalue weighted by atomic mass is 32.1. The molecule has 12 aromatic rings. The maximum absolute atomic E-state index is 13.8. The van der Waals surface area contributed by atoms with Gasteiger partial charge in [0.1, 0.15) is 32.7 Å². The molecule has 0 amide bonds. The lowest BCUT2D eigenvalue weighted by molar-refractivity contribution is 0.104. The van der Waals surface area contributed by atoms with E-state index in [-0.39, 0.29) is 16.9 Å². The van der Waals surface area contributed by atoms with Crippen LogP contribution in [-0.2, 0) is 10.8 Å². The average Bonchev–Trinajstić information content (AvgIpc) is 2.58. The Bertz CT molecular complexity index is 4670. The summed E-state index contributed by atoms with van der Waals surface area (Å²) in [6.45, 7) is 10.7. The van der Waals surface area contributed by atoms with Crippen molar-refractivity contribution < 1.29 is 4.79 Å². The van der Waals surface area contributed by atoms with E-state index in [0.29, 0.717) is 21.7 Å². The van der Waals surface area contributed by atoms with Crippen molar-refractivity contribution in [2.24, 2.45) is 0 Å². The Morgan fingerprint density at radius 1 is 0.432 bits per heavy atom. The van der Waals surface area contributed by atoms with Crippen molar-refractivity contribution in [3.05, 3.63) is 269 Å². The van der Waals surface area contributed by atoms with Gasteiger partial charge >= 0.3 is 0 Å². The highest BCUT2D eigenvalue weighted by Crippen LogP contribution is 2.63. The van der Waals surface area contributed by atoms with E-state index in [1.54, 1.807) is 46.9 Å². The summed E-state index contributed by atoms with van der Waals surface area (Å²) in [5.41, 5.74) is 21.3. The van der Waals surface area contributed by atoms with Crippen molar-refractivity contribution in [2.45, 2.75) is 45.4 Å². The molecule has 0 spiro atoms. The van der Waals surface area contributed by atoms with Crippen molar-refractivity contribution in [3.8, 4) is 55.5 Å². The van der Waals surface area contributed by atoms with E-state index < -0.39 is 10.8 Å². The molecule has 3 aliphatic carbocycles. The van der Waals surface area contributed by atoms with E-state index >= 15 is 0 Å². The molecular weight excluding hydrogens is 1070 g/mol. The molecule has 3 aliphatic rings. The first kappa shape index (κ1) is 49.0. The first-order valence-electron chi connectivity index (χ1n) is 26.6. The van der Waals surface area contributed by atoms with Gasteiger partial charge in [0.2, 0.25) is 0 Å². The predicted molar refractivity (Wildman–Crippen MR) is 330 cm³/mol. The molecule has 0 atom stereocenters. The molecule has 15 rings (SSSR count). The third-order valence-electron chi connectivity index (χ3n) is 16.6. The molecule has 8 aromatic carbocycles. The maximum atomic E-state index is 13.8.